The highest BCUT2D eigenvalue weighted by molar-refractivity contribution is 5.87. The second-order valence-corrected chi connectivity index (χ2v) is 12.9. The Labute approximate surface area is 289 Å². The molecule has 0 fully saturated rings. The predicted molar refractivity (Wildman–Crippen MR) is 180 cm³/mol. The Balaban J connectivity index is 4.21. The van der Waals surface area contributed by atoms with E-state index in [1.54, 1.807) is 0 Å². The SMILES string of the molecule is CC(=O)CC[C@H](CC(=O)CC[C@H](NC(=O)CC[C@H](NC(=O)CCCCCCCCCCCCCCCCC(=O)O)C(=O)O)C(=O)O)C(=O)O. The largest absolute Gasteiger partial charge is 0.481 e. The molecule has 49 heavy (non-hydrogen) atoms. The van der Waals surface area contributed by atoms with E-state index in [1.165, 1.54) is 32.6 Å². The van der Waals surface area contributed by atoms with Gasteiger partial charge in [0.1, 0.15) is 23.7 Å². The van der Waals surface area contributed by atoms with Gasteiger partial charge in [-0.05, 0) is 39.0 Å². The lowest BCUT2D eigenvalue weighted by atomic mass is 9.94. The van der Waals surface area contributed by atoms with E-state index in [2.05, 4.69) is 10.6 Å². The van der Waals surface area contributed by atoms with Gasteiger partial charge in [-0.25, -0.2) is 9.59 Å². The number of amides is 2. The zero-order valence-corrected chi connectivity index (χ0v) is 29.1. The molecule has 0 bridgehead atoms. The normalized spacial score (nSPS) is 12.8. The molecule has 0 aromatic rings. The fraction of sp³-hybridized carbons (Fsp3) is 0.771. The summed E-state index contributed by atoms with van der Waals surface area (Å²) in [5.41, 5.74) is 0. The van der Waals surface area contributed by atoms with Crippen molar-refractivity contribution in [1.82, 2.24) is 10.6 Å². The van der Waals surface area contributed by atoms with Gasteiger partial charge in [-0.3, -0.25) is 24.0 Å². The minimum Gasteiger partial charge on any atom is -0.481 e. The molecule has 0 aromatic heterocycles. The molecule has 14 heteroatoms. The summed E-state index contributed by atoms with van der Waals surface area (Å²) in [4.78, 5) is 93.2. The van der Waals surface area contributed by atoms with E-state index in [9.17, 15) is 53.7 Å². The number of rotatable bonds is 33. The molecule has 0 spiro atoms. The molecule has 0 radical (unpaired) electrons. The van der Waals surface area contributed by atoms with Crippen LogP contribution in [0.15, 0.2) is 0 Å². The minimum absolute atomic E-state index is 0.000422. The van der Waals surface area contributed by atoms with E-state index in [0.717, 1.165) is 57.8 Å². The van der Waals surface area contributed by atoms with Gasteiger partial charge in [0, 0.05) is 38.5 Å². The quantitative estimate of drug-likeness (QED) is 0.0494. The van der Waals surface area contributed by atoms with Crippen LogP contribution in [0.25, 0.3) is 0 Å². The molecule has 0 aliphatic rings. The molecule has 0 saturated carbocycles. The fourth-order valence-electron chi connectivity index (χ4n) is 5.38. The first-order valence-electron chi connectivity index (χ1n) is 17.7. The molecule has 0 aromatic carbocycles. The second-order valence-electron chi connectivity index (χ2n) is 12.9. The van der Waals surface area contributed by atoms with Gasteiger partial charge in [-0.15, -0.1) is 0 Å². The van der Waals surface area contributed by atoms with E-state index in [0.29, 0.717) is 6.42 Å². The van der Waals surface area contributed by atoms with Crippen molar-refractivity contribution in [3.05, 3.63) is 0 Å². The maximum Gasteiger partial charge on any atom is 0.326 e. The van der Waals surface area contributed by atoms with Crippen LogP contribution in [0.1, 0.15) is 155 Å². The van der Waals surface area contributed by atoms with Gasteiger partial charge in [0.25, 0.3) is 0 Å². The summed E-state index contributed by atoms with van der Waals surface area (Å²) in [6.07, 6.45) is 13.3. The smallest absolute Gasteiger partial charge is 0.326 e. The number of unbranched alkanes of at least 4 members (excludes halogenated alkanes) is 13. The summed E-state index contributed by atoms with van der Waals surface area (Å²) >= 11 is 0. The van der Waals surface area contributed by atoms with Crippen LogP contribution in [0.5, 0.6) is 0 Å². The number of carbonyl (C=O) groups excluding carboxylic acids is 4. The van der Waals surface area contributed by atoms with Gasteiger partial charge >= 0.3 is 23.9 Å². The molecule has 0 unspecified atom stereocenters. The number of carboxylic acids is 4. The van der Waals surface area contributed by atoms with Crippen molar-refractivity contribution in [2.24, 2.45) is 5.92 Å². The maximum atomic E-state index is 12.4. The molecular weight excluding hydrogens is 640 g/mol. The van der Waals surface area contributed by atoms with Crippen molar-refractivity contribution in [2.75, 3.05) is 0 Å². The van der Waals surface area contributed by atoms with Crippen LogP contribution in [0, 0.1) is 5.92 Å². The van der Waals surface area contributed by atoms with Crippen molar-refractivity contribution in [1.29, 1.82) is 0 Å². The highest BCUT2D eigenvalue weighted by atomic mass is 16.4. The molecular formula is C35H58N2O12. The predicted octanol–water partition coefficient (Wildman–Crippen LogP) is 5.04. The van der Waals surface area contributed by atoms with E-state index < -0.39 is 59.5 Å². The zero-order valence-electron chi connectivity index (χ0n) is 29.1. The van der Waals surface area contributed by atoms with E-state index >= 15 is 0 Å². The highest BCUT2D eigenvalue weighted by Gasteiger charge is 2.26. The first kappa shape index (κ1) is 45.2. The number of hydrogen-bond acceptors (Lipinski definition) is 8. The first-order chi connectivity index (χ1) is 23.2. The van der Waals surface area contributed by atoms with Crippen molar-refractivity contribution in [3.8, 4) is 0 Å². The lowest BCUT2D eigenvalue weighted by Crippen LogP contribution is -2.44. The second kappa shape index (κ2) is 28.0. The number of aliphatic carboxylic acids is 4. The minimum atomic E-state index is -1.45. The van der Waals surface area contributed by atoms with Gasteiger partial charge in [0.05, 0.1) is 5.92 Å². The summed E-state index contributed by atoms with van der Waals surface area (Å²) in [5, 5.41) is 41.5. The molecule has 3 atom stereocenters. The van der Waals surface area contributed by atoms with Gasteiger partial charge in [0.15, 0.2) is 0 Å². The van der Waals surface area contributed by atoms with Crippen molar-refractivity contribution in [2.45, 2.75) is 167 Å². The number of Topliss-reactive ketones (excluding diaryl/α,β-unsaturated/α-hetero) is 2. The lowest BCUT2D eigenvalue weighted by Gasteiger charge is -2.17. The Morgan fingerprint density at radius 3 is 1.22 bits per heavy atom. The van der Waals surface area contributed by atoms with Gasteiger partial charge in [-0.2, -0.15) is 0 Å². The molecule has 14 nitrogen and oxygen atoms in total. The summed E-state index contributed by atoms with van der Waals surface area (Å²) in [6, 6.07) is -2.78. The summed E-state index contributed by atoms with van der Waals surface area (Å²) in [5.74, 6) is -7.72. The van der Waals surface area contributed by atoms with Gasteiger partial charge in [-0.1, -0.05) is 77.0 Å². The van der Waals surface area contributed by atoms with Crippen LogP contribution < -0.4 is 10.6 Å². The Kier molecular flexibility index (Phi) is 25.8. The van der Waals surface area contributed by atoms with Crippen molar-refractivity contribution >= 4 is 47.3 Å². The average molecular weight is 699 g/mol. The average Bonchev–Trinajstić information content (AvgIpc) is 3.02. The number of hydrogen-bond donors (Lipinski definition) is 6. The van der Waals surface area contributed by atoms with Crippen molar-refractivity contribution in [3.63, 3.8) is 0 Å². The molecule has 0 heterocycles. The molecule has 0 saturated heterocycles. The molecule has 0 aliphatic heterocycles. The number of nitrogens with one attached hydrogen (secondary N) is 2. The lowest BCUT2D eigenvalue weighted by molar-refractivity contribution is -0.145. The Morgan fingerprint density at radius 1 is 0.449 bits per heavy atom. The molecule has 0 aliphatic carbocycles. The Bertz CT molecular complexity index is 1060. The van der Waals surface area contributed by atoms with Crippen LogP contribution in [0.3, 0.4) is 0 Å². The summed E-state index contributed by atoms with van der Waals surface area (Å²) < 4.78 is 0. The van der Waals surface area contributed by atoms with Crippen LogP contribution >= 0.6 is 0 Å². The van der Waals surface area contributed by atoms with Crippen LogP contribution in [0.4, 0.5) is 0 Å². The molecule has 280 valence electrons. The topological polar surface area (TPSA) is 242 Å². The van der Waals surface area contributed by atoms with Crippen LogP contribution in [-0.2, 0) is 38.4 Å². The van der Waals surface area contributed by atoms with Crippen LogP contribution in [0.2, 0.25) is 0 Å². The zero-order chi connectivity index (χ0) is 37.0. The van der Waals surface area contributed by atoms with Crippen molar-refractivity contribution < 1.29 is 58.8 Å². The van der Waals surface area contributed by atoms with E-state index in [1.807, 2.05) is 0 Å². The third-order valence-electron chi connectivity index (χ3n) is 8.35. The Morgan fingerprint density at radius 2 is 0.837 bits per heavy atom. The van der Waals surface area contributed by atoms with Gasteiger partial charge < -0.3 is 35.9 Å². The van der Waals surface area contributed by atoms with E-state index in [4.69, 9.17) is 5.11 Å². The van der Waals surface area contributed by atoms with Crippen LogP contribution in [-0.4, -0.2) is 79.8 Å². The maximum absolute atomic E-state index is 12.4. The monoisotopic (exact) mass is 698 g/mol. The Hall–Kier alpha value is -3.84. The third-order valence-corrected chi connectivity index (χ3v) is 8.35. The number of carbonyl (C=O) groups is 8. The summed E-state index contributed by atoms with van der Waals surface area (Å²) in [6.45, 7) is 1.31. The fourth-order valence-corrected chi connectivity index (χ4v) is 5.38. The molecule has 0 rings (SSSR count). The number of carboxylic acid groups (broad SMARTS) is 4. The third kappa shape index (κ3) is 26.8. The summed E-state index contributed by atoms with van der Waals surface area (Å²) in [7, 11) is 0. The standard InChI is InChI=1S/C35H58N2O12/c1-25(38)18-19-26(33(44)45)24-27(39)20-21-28(34(46)47)37-31(41)23-22-29(35(48)49)36-30(40)16-14-12-10-8-6-4-2-3-5-7-9-11-13-15-17-32(42)43/h26,28-29H,2-24H2,1H3,(H,36,40)(H,37,41)(H,42,43)(H,44,45)(H,46,47)(H,48,49)/t26-,28+,29+/m1/s1. The van der Waals surface area contributed by atoms with E-state index in [-0.39, 0.29) is 63.6 Å². The molecule has 6 N–H and O–H groups in total. The van der Waals surface area contributed by atoms with Gasteiger partial charge in [0.2, 0.25) is 11.8 Å². The highest BCUT2D eigenvalue weighted by Crippen LogP contribution is 2.16. The number of ketones is 2. The first-order valence-corrected chi connectivity index (χ1v) is 17.7. The molecule has 2 amide bonds.